The number of allylic oxidation sites excluding steroid dienone is 3. The average Bonchev–Trinajstić information content (AvgIpc) is 3.30. The van der Waals surface area contributed by atoms with E-state index < -0.39 is 5.41 Å². The molecule has 2 N–H and O–H groups in total. The molecule has 0 heterocycles. The van der Waals surface area contributed by atoms with Crippen LogP contribution in [-0.4, -0.2) is 10.2 Å². The van der Waals surface area contributed by atoms with Gasteiger partial charge in [0.15, 0.2) is 0 Å². The summed E-state index contributed by atoms with van der Waals surface area (Å²) in [6.07, 6.45) is 13.1. The summed E-state index contributed by atoms with van der Waals surface area (Å²) in [5, 5.41) is 24.8. The first-order chi connectivity index (χ1) is 15.2. The largest absolute Gasteiger partial charge is 0.508 e. The summed E-state index contributed by atoms with van der Waals surface area (Å²) in [6, 6.07) is 23.5. The van der Waals surface area contributed by atoms with Crippen molar-refractivity contribution < 1.29 is 10.2 Å². The lowest BCUT2D eigenvalue weighted by Gasteiger charge is -2.37. The number of phenols is 2. The summed E-state index contributed by atoms with van der Waals surface area (Å²) in [5.41, 5.74) is 4.03. The van der Waals surface area contributed by atoms with Crippen LogP contribution in [0, 0.1) is 0 Å². The smallest absolute Gasteiger partial charge is 0.115 e. The molecule has 0 radical (unpaired) electrons. The van der Waals surface area contributed by atoms with Crippen molar-refractivity contribution in [1.29, 1.82) is 0 Å². The highest BCUT2D eigenvalue weighted by Crippen LogP contribution is 2.43. The van der Waals surface area contributed by atoms with E-state index in [1.54, 1.807) is 24.3 Å². The third-order valence-corrected chi connectivity index (χ3v) is 6.51. The van der Waals surface area contributed by atoms with Crippen LogP contribution in [0.25, 0.3) is 29.0 Å². The van der Waals surface area contributed by atoms with Gasteiger partial charge in [0.25, 0.3) is 0 Å². The van der Waals surface area contributed by atoms with Crippen molar-refractivity contribution in [2.45, 2.75) is 5.41 Å². The number of phenolic OH excluding ortho intramolecular Hbond substituents is 2. The fourth-order valence-electron chi connectivity index (χ4n) is 5.17. The van der Waals surface area contributed by atoms with Gasteiger partial charge in [0.2, 0.25) is 0 Å². The molecule has 0 amide bonds. The van der Waals surface area contributed by atoms with Crippen molar-refractivity contribution in [2.75, 3.05) is 0 Å². The molecule has 4 aromatic rings. The van der Waals surface area contributed by atoms with Crippen LogP contribution in [-0.2, 0) is 5.41 Å². The third-order valence-electron chi connectivity index (χ3n) is 6.51. The second-order valence-electron chi connectivity index (χ2n) is 8.11. The van der Waals surface area contributed by atoms with E-state index in [0.717, 1.165) is 11.1 Å². The van der Waals surface area contributed by atoms with Gasteiger partial charge >= 0.3 is 0 Å². The number of aromatic hydroxyl groups is 2. The van der Waals surface area contributed by atoms with E-state index >= 15 is 0 Å². The summed E-state index contributed by atoms with van der Waals surface area (Å²) < 4.78 is 0. The molecule has 0 bridgehead atoms. The van der Waals surface area contributed by atoms with Crippen LogP contribution in [0.2, 0.25) is 0 Å². The van der Waals surface area contributed by atoms with Crippen LogP contribution in [0.3, 0.4) is 0 Å². The standard InChI is InChI=1S/C29H20O2/c30-21-14-10-19(11-15-21)29(20-12-16-22(31)17-13-20)18-4-9-27-24-6-2-1-5-23(24)25-7-3-8-26(25)28(27)29/h1-18,30-31H. The molecule has 2 aliphatic carbocycles. The van der Waals surface area contributed by atoms with Gasteiger partial charge < -0.3 is 10.2 Å². The summed E-state index contributed by atoms with van der Waals surface area (Å²) in [7, 11) is 0. The highest BCUT2D eigenvalue weighted by atomic mass is 16.3. The number of benzene rings is 4. The molecular weight excluding hydrogens is 380 g/mol. The summed E-state index contributed by atoms with van der Waals surface area (Å²) >= 11 is 0. The van der Waals surface area contributed by atoms with Gasteiger partial charge in [0.1, 0.15) is 11.5 Å². The van der Waals surface area contributed by atoms with Crippen LogP contribution >= 0.6 is 0 Å². The molecule has 2 heteroatoms. The molecule has 31 heavy (non-hydrogen) atoms. The zero-order valence-corrected chi connectivity index (χ0v) is 16.8. The van der Waals surface area contributed by atoms with Gasteiger partial charge in [-0.15, -0.1) is 0 Å². The van der Waals surface area contributed by atoms with Crippen molar-refractivity contribution in [3.63, 3.8) is 0 Å². The second kappa shape index (κ2) is 6.48. The summed E-state index contributed by atoms with van der Waals surface area (Å²) in [6.45, 7) is 0. The van der Waals surface area contributed by atoms with Crippen molar-refractivity contribution in [3.8, 4) is 11.5 Å². The number of rotatable bonds is 2. The maximum atomic E-state index is 9.96. The SMILES string of the molecule is Oc1ccc(C2(c3ccc(O)cc3)C=CC=c3c2c2c(c4ccccc34)=CC=C2)cc1. The first kappa shape index (κ1) is 17.8. The van der Waals surface area contributed by atoms with E-state index in [0.29, 0.717) is 0 Å². The van der Waals surface area contributed by atoms with E-state index in [1.807, 2.05) is 24.3 Å². The molecular formula is C29H20O2. The number of hydrogen-bond donors (Lipinski definition) is 2. The molecule has 0 saturated heterocycles. The van der Waals surface area contributed by atoms with Crippen molar-refractivity contribution in [2.24, 2.45) is 0 Å². The third kappa shape index (κ3) is 2.45. The fraction of sp³-hybridized carbons (Fsp3) is 0.0345. The Bertz CT molecular complexity index is 1470. The number of hydrogen-bond acceptors (Lipinski definition) is 2. The first-order valence-electron chi connectivity index (χ1n) is 10.4. The van der Waals surface area contributed by atoms with Crippen molar-refractivity contribution >= 4 is 29.0 Å². The fourth-order valence-corrected chi connectivity index (χ4v) is 5.17. The Balaban J connectivity index is 1.82. The topological polar surface area (TPSA) is 40.5 Å². The van der Waals surface area contributed by atoms with Crippen molar-refractivity contribution in [1.82, 2.24) is 0 Å². The van der Waals surface area contributed by atoms with Crippen LogP contribution in [0.1, 0.15) is 22.3 Å². The molecule has 0 saturated carbocycles. The van der Waals surface area contributed by atoms with Crippen LogP contribution in [0.5, 0.6) is 11.5 Å². The molecule has 2 aliphatic rings. The molecule has 2 nitrogen and oxygen atoms in total. The minimum atomic E-state index is -0.553. The minimum absolute atomic E-state index is 0.244. The Labute approximate surface area is 180 Å². The minimum Gasteiger partial charge on any atom is -0.508 e. The molecule has 6 rings (SSSR count). The predicted octanol–water partition coefficient (Wildman–Crippen LogP) is 4.74. The molecule has 0 aromatic heterocycles. The molecule has 4 aromatic carbocycles. The Kier molecular flexibility index (Phi) is 3.72. The summed E-state index contributed by atoms with van der Waals surface area (Å²) in [5.74, 6) is 0.487. The average molecular weight is 400 g/mol. The highest BCUT2D eigenvalue weighted by molar-refractivity contribution is 5.93. The summed E-state index contributed by atoms with van der Waals surface area (Å²) in [4.78, 5) is 0. The second-order valence-corrected chi connectivity index (χ2v) is 8.11. The zero-order chi connectivity index (χ0) is 21.0. The van der Waals surface area contributed by atoms with E-state index in [4.69, 9.17) is 0 Å². The quantitative estimate of drug-likeness (QED) is 0.510. The van der Waals surface area contributed by atoms with Crippen LogP contribution in [0.15, 0.2) is 91.0 Å². The molecule has 0 fully saturated rings. The Morgan fingerprint density at radius 2 is 1.13 bits per heavy atom. The lowest BCUT2D eigenvalue weighted by molar-refractivity contribution is 0.475. The Morgan fingerprint density at radius 3 is 1.74 bits per heavy atom. The van der Waals surface area contributed by atoms with Crippen molar-refractivity contribution in [3.05, 3.63) is 124 Å². The van der Waals surface area contributed by atoms with Gasteiger partial charge in [0, 0.05) is 0 Å². The molecule has 0 aliphatic heterocycles. The van der Waals surface area contributed by atoms with Gasteiger partial charge in [-0.25, -0.2) is 0 Å². The van der Waals surface area contributed by atoms with Gasteiger partial charge in [-0.05, 0) is 67.7 Å². The lowest BCUT2D eigenvalue weighted by atomic mass is 9.65. The number of fused-ring (bicyclic) bond motifs is 6. The normalized spacial score (nSPS) is 15.2. The maximum absolute atomic E-state index is 9.96. The lowest BCUT2D eigenvalue weighted by Crippen LogP contribution is -2.38. The van der Waals surface area contributed by atoms with Gasteiger partial charge in [-0.3, -0.25) is 0 Å². The molecule has 148 valence electrons. The Hall–Kier alpha value is -4.04. The molecule has 0 atom stereocenters. The van der Waals surface area contributed by atoms with Crippen LogP contribution < -0.4 is 10.4 Å². The van der Waals surface area contributed by atoms with Gasteiger partial charge in [0.05, 0.1) is 5.41 Å². The van der Waals surface area contributed by atoms with E-state index in [-0.39, 0.29) is 11.5 Å². The van der Waals surface area contributed by atoms with E-state index in [1.165, 1.54) is 32.3 Å². The zero-order valence-electron chi connectivity index (χ0n) is 16.8. The highest BCUT2D eigenvalue weighted by Gasteiger charge is 2.38. The van der Waals surface area contributed by atoms with Crippen LogP contribution in [0.4, 0.5) is 0 Å². The monoisotopic (exact) mass is 400 g/mol. The van der Waals surface area contributed by atoms with Gasteiger partial charge in [-0.1, -0.05) is 85.0 Å². The Morgan fingerprint density at radius 1 is 0.581 bits per heavy atom. The first-order valence-corrected chi connectivity index (χ1v) is 10.4. The maximum Gasteiger partial charge on any atom is 0.115 e. The predicted molar refractivity (Wildman–Crippen MR) is 126 cm³/mol. The van der Waals surface area contributed by atoms with E-state index in [2.05, 4.69) is 60.7 Å². The van der Waals surface area contributed by atoms with Gasteiger partial charge in [-0.2, -0.15) is 0 Å². The van der Waals surface area contributed by atoms with E-state index in [9.17, 15) is 10.2 Å². The molecule has 0 spiro atoms. The molecule has 0 unspecified atom stereocenters.